The van der Waals surface area contributed by atoms with Crippen LogP contribution in [-0.4, -0.2) is 23.9 Å². The fourth-order valence-electron chi connectivity index (χ4n) is 1.59. The van der Waals surface area contributed by atoms with Gasteiger partial charge in [-0.3, -0.25) is 15.0 Å². The van der Waals surface area contributed by atoms with Crippen LogP contribution in [0.5, 0.6) is 0 Å². The molecule has 0 aliphatic carbocycles. The second kappa shape index (κ2) is 3.81. The summed E-state index contributed by atoms with van der Waals surface area (Å²) in [5.41, 5.74) is 2.39. The molecule has 1 fully saturated rings. The summed E-state index contributed by atoms with van der Waals surface area (Å²) in [6.45, 7) is 1.98. The highest BCUT2D eigenvalue weighted by atomic mass is 16.2. The van der Waals surface area contributed by atoms with Crippen LogP contribution in [0, 0.1) is 6.92 Å². The molecule has 1 aliphatic heterocycles. The zero-order valence-electron chi connectivity index (χ0n) is 9.15. The van der Waals surface area contributed by atoms with E-state index in [1.165, 1.54) is 4.90 Å². The average molecular weight is 216 g/mol. The number of urea groups is 1. The quantitative estimate of drug-likeness (QED) is 0.571. The van der Waals surface area contributed by atoms with E-state index in [9.17, 15) is 9.59 Å². The van der Waals surface area contributed by atoms with Gasteiger partial charge in [0.05, 0.1) is 0 Å². The van der Waals surface area contributed by atoms with Crippen LogP contribution < -0.4 is 5.32 Å². The van der Waals surface area contributed by atoms with Gasteiger partial charge in [0.25, 0.3) is 5.91 Å². The van der Waals surface area contributed by atoms with Gasteiger partial charge in [0.1, 0.15) is 5.70 Å². The molecule has 0 saturated carbocycles. The summed E-state index contributed by atoms with van der Waals surface area (Å²) in [6, 6.07) is 7.35. The van der Waals surface area contributed by atoms with Crippen molar-refractivity contribution >= 4 is 18.0 Å². The number of carbonyl (C=O) groups excluding carboxylic acids is 2. The number of hydrogen-bond donors (Lipinski definition) is 1. The number of rotatable bonds is 1. The molecule has 3 amide bonds. The maximum absolute atomic E-state index is 11.4. The third-order valence-electron chi connectivity index (χ3n) is 2.46. The Labute approximate surface area is 93.6 Å². The van der Waals surface area contributed by atoms with E-state index in [0.717, 1.165) is 11.1 Å². The van der Waals surface area contributed by atoms with Crippen molar-refractivity contribution in [3.8, 4) is 0 Å². The van der Waals surface area contributed by atoms with E-state index in [-0.39, 0.29) is 11.9 Å². The minimum absolute atomic E-state index is 0.353. The van der Waals surface area contributed by atoms with Crippen LogP contribution in [0.2, 0.25) is 0 Å². The van der Waals surface area contributed by atoms with Gasteiger partial charge in [0, 0.05) is 7.05 Å². The first-order chi connectivity index (χ1) is 7.58. The molecule has 0 atom stereocenters. The maximum Gasteiger partial charge on any atom is 0.328 e. The number of nitrogens with zero attached hydrogens (tertiary/aromatic N) is 1. The van der Waals surface area contributed by atoms with Crippen molar-refractivity contribution in [3.63, 3.8) is 0 Å². The predicted molar refractivity (Wildman–Crippen MR) is 60.5 cm³/mol. The van der Waals surface area contributed by atoms with Gasteiger partial charge in [-0.05, 0) is 18.6 Å². The van der Waals surface area contributed by atoms with E-state index >= 15 is 0 Å². The molecule has 82 valence electrons. The Kier molecular flexibility index (Phi) is 2.48. The lowest BCUT2D eigenvalue weighted by Crippen LogP contribution is -2.24. The Morgan fingerprint density at radius 1 is 1.31 bits per heavy atom. The molecule has 0 aromatic heterocycles. The molecule has 0 unspecified atom stereocenters. The van der Waals surface area contributed by atoms with Crippen LogP contribution in [-0.2, 0) is 4.79 Å². The summed E-state index contributed by atoms with van der Waals surface area (Å²) in [6.07, 6.45) is 1.70. The summed E-state index contributed by atoms with van der Waals surface area (Å²) in [5.74, 6) is -0.353. The topological polar surface area (TPSA) is 49.4 Å². The first-order valence-electron chi connectivity index (χ1n) is 4.95. The van der Waals surface area contributed by atoms with Gasteiger partial charge in [-0.2, -0.15) is 0 Å². The van der Waals surface area contributed by atoms with Gasteiger partial charge < -0.3 is 0 Å². The Balaban J connectivity index is 2.38. The number of amides is 3. The van der Waals surface area contributed by atoms with E-state index in [2.05, 4.69) is 5.32 Å². The first-order valence-corrected chi connectivity index (χ1v) is 4.95. The van der Waals surface area contributed by atoms with E-state index in [1.54, 1.807) is 13.1 Å². The van der Waals surface area contributed by atoms with Crippen molar-refractivity contribution in [1.29, 1.82) is 0 Å². The Morgan fingerprint density at radius 2 is 2.06 bits per heavy atom. The summed E-state index contributed by atoms with van der Waals surface area (Å²) in [7, 11) is 1.57. The Bertz CT molecular complexity index is 492. The highest BCUT2D eigenvalue weighted by molar-refractivity contribution is 6.13. The van der Waals surface area contributed by atoms with Crippen molar-refractivity contribution < 1.29 is 9.59 Å². The SMILES string of the molecule is Cc1cccc(/C=C2/C(=O)NC(=O)N2C)c1. The fraction of sp³-hybridized carbons (Fsp3) is 0.167. The van der Waals surface area contributed by atoms with Crippen LogP contribution in [0.4, 0.5) is 4.79 Å². The number of nitrogens with one attached hydrogen (secondary N) is 1. The van der Waals surface area contributed by atoms with Gasteiger partial charge in [-0.1, -0.05) is 29.8 Å². The summed E-state index contributed by atoms with van der Waals surface area (Å²) in [5, 5.41) is 2.23. The molecule has 0 bridgehead atoms. The van der Waals surface area contributed by atoms with Gasteiger partial charge in [0.15, 0.2) is 0 Å². The van der Waals surface area contributed by atoms with Crippen molar-refractivity contribution in [2.75, 3.05) is 7.05 Å². The maximum atomic E-state index is 11.4. The summed E-state index contributed by atoms with van der Waals surface area (Å²) in [4.78, 5) is 24.0. The third-order valence-corrected chi connectivity index (χ3v) is 2.46. The molecule has 1 saturated heterocycles. The molecular formula is C12H12N2O2. The fourth-order valence-corrected chi connectivity index (χ4v) is 1.59. The third kappa shape index (κ3) is 1.82. The highest BCUT2D eigenvalue weighted by Gasteiger charge is 2.29. The largest absolute Gasteiger partial charge is 0.328 e. The Hall–Kier alpha value is -2.10. The minimum atomic E-state index is -0.385. The van der Waals surface area contributed by atoms with Crippen molar-refractivity contribution in [1.82, 2.24) is 10.2 Å². The molecule has 16 heavy (non-hydrogen) atoms. The Morgan fingerprint density at radius 3 is 2.62 bits per heavy atom. The van der Waals surface area contributed by atoms with Crippen molar-refractivity contribution in [2.24, 2.45) is 0 Å². The number of aryl methyl sites for hydroxylation is 1. The standard InChI is InChI=1S/C12H12N2O2/c1-8-4-3-5-9(6-8)7-10-11(15)13-12(16)14(10)2/h3-7H,1-2H3,(H,13,15,16)/b10-7-. The molecule has 1 aromatic rings. The summed E-state index contributed by atoms with van der Waals surface area (Å²) < 4.78 is 0. The summed E-state index contributed by atoms with van der Waals surface area (Å²) >= 11 is 0. The monoisotopic (exact) mass is 216 g/mol. The van der Waals surface area contributed by atoms with Crippen molar-refractivity contribution in [2.45, 2.75) is 6.92 Å². The van der Waals surface area contributed by atoms with Crippen LogP contribution in [0.25, 0.3) is 6.08 Å². The second-order valence-electron chi connectivity index (χ2n) is 3.76. The lowest BCUT2D eigenvalue weighted by molar-refractivity contribution is -0.115. The molecule has 2 rings (SSSR count). The second-order valence-corrected chi connectivity index (χ2v) is 3.76. The molecular weight excluding hydrogens is 204 g/mol. The van der Waals surface area contributed by atoms with Crippen molar-refractivity contribution in [3.05, 3.63) is 41.1 Å². The molecule has 1 aromatic carbocycles. The van der Waals surface area contributed by atoms with E-state index < -0.39 is 0 Å². The number of carbonyl (C=O) groups is 2. The van der Waals surface area contributed by atoms with E-state index in [1.807, 2.05) is 31.2 Å². The number of likely N-dealkylation sites (N-methyl/N-ethyl adjacent to an activating group) is 1. The molecule has 4 heteroatoms. The lowest BCUT2D eigenvalue weighted by atomic mass is 10.1. The van der Waals surface area contributed by atoms with E-state index in [0.29, 0.717) is 5.70 Å². The van der Waals surface area contributed by atoms with Gasteiger partial charge in [-0.25, -0.2) is 4.79 Å². The van der Waals surface area contributed by atoms with Crippen LogP contribution >= 0.6 is 0 Å². The van der Waals surface area contributed by atoms with Gasteiger partial charge in [-0.15, -0.1) is 0 Å². The highest BCUT2D eigenvalue weighted by Crippen LogP contribution is 2.15. The molecule has 1 heterocycles. The lowest BCUT2D eigenvalue weighted by Gasteiger charge is -2.06. The molecule has 0 spiro atoms. The first kappa shape index (κ1) is 10.4. The number of benzene rings is 1. The van der Waals surface area contributed by atoms with Crippen LogP contribution in [0.3, 0.4) is 0 Å². The zero-order valence-corrected chi connectivity index (χ0v) is 9.15. The van der Waals surface area contributed by atoms with Gasteiger partial charge >= 0.3 is 6.03 Å². The van der Waals surface area contributed by atoms with Crippen LogP contribution in [0.1, 0.15) is 11.1 Å². The molecule has 0 radical (unpaired) electrons. The van der Waals surface area contributed by atoms with Crippen LogP contribution in [0.15, 0.2) is 30.0 Å². The molecule has 1 N–H and O–H groups in total. The number of hydrogen-bond acceptors (Lipinski definition) is 2. The minimum Gasteiger partial charge on any atom is -0.292 e. The number of imide groups is 1. The molecule has 4 nitrogen and oxygen atoms in total. The normalized spacial score (nSPS) is 18.1. The van der Waals surface area contributed by atoms with Gasteiger partial charge in [0.2, 0.25) is 0 Å². The zero-order chi connectivity index (χ0) is 11.7. The predicted octanol–water partition coefficient (Wildman–Crippen LogP) is 1.52. The molecule has 1 aliphatic rings. The average Bonchev–Trinajstić information content (AvgIpc) is 2.45. The van der Waals surface area contributed by atoms with E-state index in [4.69, 9.17) is 0 Å². The smallest absolute Gasteiger partial charge is 0.292 e.